The smallest absolute Gasteiger partial charge is 0.336 e. The molecule has 136 valence electrons. The second-order valence-electron chi connectivity index (χ2n) is 6.12. The zero-order chi connectivity index (χ0) is 19.1. The SMILES string of the molecule is CCOc1ccccc1/C=C/C(=O)Oc1ccc(-c2ccc(C)cc2)cc1. The lowest BCUT2D eigenvalue weighted by molar-refractivity contribution is -0.128. The molecule has 0 amide bonds. The molecule has 0 saturated heterocycles. The van der Waals surface area contributed by atoms with E-state index < -0.39 is 5.97 Å². The van der Waals surface area contributed by atoms with Gasteiger partial charge in [0.25, 0.3) is 0 Å². The van der Waals surface area contributed by atoms with E-state index in [2.05, 4.69) is 31.2 Å². The van der Waals surface area contributed by atoms with Crippen molar-refractivity contribution in [2.75, 3.05) is 6.61 Å². The maximum absolute atomic E-state index is 12.1. The molecule has 3 nitrogen and oxygen atoms in total. The fourth-order valence-electron chi connectivity index (χ4n) is 2.67. The van der Waals surface area contributed by atoms with Crippen LogP contribution in [0.15, 0.2) is 78.9 Å². The molecule has 0 spiro atoms. The number of hydrogen-bond acceptors (Lipinski definition) is 3. The van der Waals surface area contributed by atoms with Crippen LogP contribution in [-0.2, 0) is 4.79 Å². The number of ether oxygens (including phenoxy) is 2. The van der Waals surface area contributed by atoms with Crippen molar-refractivity contribution in [1.29, 1.82) is 0 Å². The summed E-state index contributed by atoms with van der Waals surface area (Å²) >= 11 is 0. The molecular weight excluding hydrogens is 336 g/mol. The van der Waals surface area contributed by atoms with Crippen LogP contribution >= 0.6 is 0 Å². The Kier molecular flexibility index (Phi) is 6.06. The van der Waals surface area contributed by atoms with E-state index in [1.807, 2.05) is 43.3 Å². The highest BCUT2D eigenvalue weighted by Crippen LogP contribution is 2.23. The third-order valence-electron chi connectivity index (χ3n) is 4.08. The van der Waals surface area contributed by atoms with Crippen LogP contribution in [0.1, 0.15) is 18.1 Å². The van der Waals surface area contributed by atoms with Crippen molar-refractivity contribution in [3.63, 3.8) is 0 Å². The number of carbonyl (C=O) groups excluding carboxylic acids is 1. The van der Waals surface area contributed by atoms with Gasteiger partial charge in [-0.1, -0.05) is 60.2 Å². The lowest BCUT2D eigenvalue weighted by Crippen LogP contribution is -2.03. The number of hydrogen-bond donors (Lipinski definition) is 0. The Morgan fingerprint density at radius 1 is 0.889 bits per heavy atom. The number of para-hydroxylation sites is 1. The number of benzene rings is 3. The highest BCUT2D eigenvalue weighted by molar-refractivity contribution is 5.89. The standard InChI is InChI=1S/C24H22O3/c1-3-26-23-7-5-4-6-21(23)14-17-24(25)27-22-15-12-20(13-16-22)19-10-8-18(2)9-11-19/h4-17H,3H2,1-2H3/b17-14+. The van der Waals surface area contributed by atoms with Crippen LogP contribution in [0.2, 0.25) is 0 Å². The molecule has 0 aliphatic rings. The van der Waals surface area contributed by atoms with E-state index in [0.29, 0.717) is 12.4 Å². The van der Waals surface area contributed by atoms with E-state index in [1.165, 1.54) is 11.6 Å². The largest absolute Gasteiger partial charge is 0.493 e. The van der Waals surface area contributed by atoms with E-state index in [9.17, 15) is 4.79 Å². The Labute approximate surface area is 159 Å². The van der Waals surface area contributed by atoms with Crippen LogP contribution in [-0.4, -0.2) is 12.6 Å². The summed E-state index contributed by atoms with van der Waals surface area (Å²) in [6.07, 6.45) is 3.11. The van der Waals surface area contributed by atoms with Crippen LogP contribution in [0.3, 0.4) is 0 Å². The van der Waals surface area contributed by atoms with E-state index >= 15 is 0 Å². The molecule has 0 fully saturated rings. The monoisotopic (exact) mass is 358 g/mol. The summed E-state index contributed by atoms with van der Waals surface area (Å²) in [7, 11) is 0. The first-order valence-electron chi connectivity index (χ1n) is 8.94. The topological polar surface area (TPSA) is 35.5 Å². The number of aryl methyl sites for hydroxylation is 1. The first-order chi connectivity index (χ1) is 13.2. The molecule has 0 bridgehead atoms. The second-order valence-corrected chi connectivity index (χ2v) is 6.12. The maximum Gasteiger partial charge on any atom is 0.336 e. The predicted octanol–water partition coefficient (Wildman–Crippen LogP) is 5.68. The van der Waals surface area contributed by atoms with Gasteiger partial charge in [-0.05, 0) is 49.2 Å². The summed E-state index contributed by atoms with van der Waals surface area (Å²) in [5, 5.41) is 0. The molecule has 0 radical (unpaired) electrons. The summed E-state index contributed by atoms with van der Waals surface area (Å²) in [6.45, 7) is 4.56. The Morgan fingerprint density at radius 2 is 1.52 bits per heavy atom. The van der Waals surface area contributed by atoms with E-state index in [4.69, 9.17) is 9.47 Å². The molecule has 3 aromatic carbocycles. The zero-order valence-electron chi connectivity index (χ0n) is 15.5. The molecule has 27 heavy (non-hydrogen) atoms. The average molecular weight is 358 g/mol. The van der Waals surface area contributed by atoms with Crippen molar-refractivity contribution in [2.45, 2.75) is 13.8 Å². The molecule has 0 atom stereocenters. The van der Waals surface area contributed by atoms with Gasteiger partial charge in [-0.25, -0.2) is 4.79 Å². The molecule has 3 rings (SSSR count). The minimum Gasteiger partial charge on any atom is -0.493 e. The molecular formula is C24H22O3. The lowest BCUT2D eigenvalue weighted by atomic mass is 10.0. The van der Waals surface area contributed by atoms with Crippen LogP contribution in [0.25, 0.3) is 17.2 Å². The fraction of sp³-hybridized carbons (Fsp3) is 0.125. The molecule has 0 N–H and O–H groups in total. The fourth-order valence-corrected chi connectivity index (χ4v) is 2.67. The third-order valence-corrected chi connectivity index (χ3v) is 4.08. The highest BCUT2D eigenvalue weighted by atomic mass is 16.5. The summed E-state index contributed by atoms with van der Waals surface area (Å²) in [4.78, 5) is 12.1. The minimum atomic E-state index is -0.426. The molecule has 0 heterocycles. The van der Waals surface area contributed by atoms with E-state index in [-0.39, 0.29) is 0 Å². The molecule has 0 aromatic heterocycles. The molecule has 0 aliphatic carbocycles. The van der Waals surface area contributed by atoms with Gasteiger partial charge < -0.3 is 9.47 Å². The quantitative estimate of drug-likeness (QED) is 0.323. The molecule has 0 aliphatic heterocycles. The van der Waals surface area contributed by atoms with Gasteiger partial charge in [0.1, 0.15) is 11.5 Å². The van der Waals surface area contributed by atoms with Gasteiger partial charge in [0.05, 0.1) is 6.61 Å². The first kappa shape index (κ1) is 18.5. The van der Waals surface area contributed by atoms with Gasteiger partial charge in [-0.15, -0.1) is 0 Å². The summed E-state index contributed by atoms with van der Waals surface area (Å²) < 4.78 is 10.9. The van der Waals surface area contributed by atoms with Crippen LogP contribution in [0.4, 0.5) is 0 Å². The summed E-state index contributed by atoms with van der Waals surface area (Å²) in [5.74, 6) is 0.828. The zero-order valence-corrected chi connectivity index (χ0v) is 15.5. The highest BCUT2D eigenvalue weighted by Gasteiger charge is 2.04. The van der Waals surface area contributed by atoms with Crippen molar-refractivity contribution in [3.05, 3.63) is 90.0 Å². The molecule has 0 unspecified atom stereocenters. The molecule has 0 saturated carbocycles. The van der Waals surface area contributed by atoms with Crippen LogP contribution in [0, 0.1) is 6.92 Å². The Morgan fingerprint density at radius 3 is 2.19 bits per heavy atom. The molecule has 3 aromatic rings. The van der Waals surface area contributed by atoms with Crippen molar-refractivity contribution in [2.24, 2.45) is 0 Å². The number of carbonyl (C=O) groups is 1. The summed E-state index contributed by atoms with van der Waals surface area (Å²) in [6, 6.07) is 23.4. The van der Waals surface area contributed by atoms with E-state index in [1.54, 1.807) is 18.2 Å². The Hall–Kier alpha value is -3.33. The van der Waals surface area contributed by atoms with Gasteiger partial charge in [-0.2, -0.15) is 0 Å². The lowest BCUT2D eigenvalue weighted by Gasteiger charge is -2.06. The van der Waals surface area contributed by atoms with Gasteiger partial charge in [-0.3, -0.25) is 0 Å². The number of esters is 1. The van der Waals surface area contributed by atoms with Crippen LogP contribution in [0.5, 0.6) is 11.5 Å². The first-order valence-corrected chi connectivity index (χ1v) is 8.94. The van der Waals surface area contributed by atoms with Gasteiger partial charge >= 0.3 is 5.97 Å². The normalized spacial score (nSPS) is 10.7. The third kappa shape index (κ3) is 5.08. The maximum atomic E-state index is 12.1. The van der Waals surface area contributed by atoms with Gasteiger partial charge in [0.15, 0.2) is 0 Å². The predicted molar refractivity (Wildman–Crippen MR) is 109 cm³/mol. The minimum absolute atomic E-state index is 0.426. The Bertz CT molecular complexity index is 923. The second kappa shape index (κ2) is 8.86. The van der Waals surface area contributed by atoms with Crippen molar-refractivity contribution < 1.29 is 14.3 Å². The molecule has 3 heteroatoms. The summed E-state index contributed by atoms with van der Waals surface area (Å²) in [5.41, 5.74) is 4.27. The van der Waals surface area contributed by atoms with Crippen molar-refractivity contribution in [3.8, 4) is 22.6 Å². The van der Waals surface area contributed by atoms with Crippen molar-refractivity contribution >= 4 is 12.0 Å². The van der Waals surface area contributed by atoms with Gasteiger partial charge in [0.2, 0.25) is 0 Å². The van der Waals surface area contributed by atoms with E-state index in [0.717, 1.165) is 22.4 Å². The average Bonchev–Trinajstić information content (AvgIpc) is 2.69. The Balaban J connectivity index is 1.65. The van der Waals surface area contributed by atoms with Crippen molar-refractivity contribution in [1.82, 2.24) is 0 Å². The number of rotatable bonds is 6. The van der Waals surface area contributed by atoms with Crippen LogP contribution < -0.4 is 9.47 Å². The van der Waals surface area contributed by atoms with Gasteiger partial charge in [0, 0.05) is 11.6 Å².